The molecule has 1 saturated heterocycles. The van der Waals surface area contributed by atoms with Crippen molar-refractivity contribution < 1.29 is 14.3 Å². The normalized spacial score (nSPS) is 18.0. The maximum atomic E-state index is 12.8. The van der Waals surface area contributed by atoms with Crippen LogP contribution in [0.25, 0.3) is 0 Å². The van der Waals surface area contributed by atoms with Crippen LogP contribution >= 0.6 is 0 Å². The molecule has 5 heteroatoms. The monoisotopic (exact) mass is 316 g/mol. The average molecular weight is 316 g/mol. The Morgan fingerprint density at radius 1 is 1.04 bits per heavy atom. The first-order valence-corrected chi connectivity index (χ1v) is 8.24. The second-order valence-electron chi connectivity index (χ2n) is 6.55. The van der Waals surface area contributed by atoms with Crippen molar-refractivity contribution >= 4 is 11.8 Å². The molecule has 2 fully saturated rings. The molecule has 1 saturated carbocycles. The highest BCUT2D eigenvalue weighted by molar-refractivity contribution is 5.97. The standard InChI is InChI=1S/C18H24N2O3/c1-12-10-13(2)16(23-3)15(11-12)18(22)20-8-6-19(7-9-20)17(21)14-4-5-14/h10-11,14H,4-9H2,1-3H3. The molecular formula is C18H24N2O3. The summed E-state index contributed by atoms with van der Waals surface area (Å²) in [6.45, 7) is 6.38. The molecule has 5 nitrogen and oxygen atoms in total. The molecule has 1 aliphatic carbocycles. The van der Waals surface area contributed by atoms with Gasteiger partial charge in [0.15, 0.2) is 0 Å². The lowest BCUT2D eigenvalue weighted by molar-refractivity contribution is -0.134. The summed E-state index contributed by atoms with van der Waals surface area (Å²) in [4.78, 5) is 28.7. The number of ether oxygens (including phenoxy) is 1. The van der Waals surface area contributed by atoms with E-state index < -0.39 is 0 Å². The molecule has 1 aromatic carbocycles. The Hall–Kier alpha value is -2.04. The van der Waals surface area contributed by atoms with E-state index in [9.17, 15) is 9.59 Å². The first-order chi connectivity index (χ1) is 11.0. The fourth-order valence-electron chi connectivity index (χ4n) is 3.27. The van der Waals surface area contributed by atoms with Crippen molar-refractivity contribution in [2.75, 3.05) is 33.3 Å². The van der Waals surface area contributed by atoms with E-state index in [1.165, 1.54) is 0 Å². The van der Waals surface area contributed by atoms with Gasteiger partial charge in [-0.15, -0.1) is 0 Å². The van der Waals surface area contributed by atoms with Gasteiger partial charge in [-0.25, -0.2) is 0 Å². The molecule has 3 rings (SSSR count). The van der Waals surface area contributed by atoms with Gasteiger partial charge in [0.05, 0.1) is 12.7 Å². The quantitative estimate of drug-likeness (QED) is 0.857. The van der Waals surface area contributed by atoms with Gasteiger partial charge >= 0.3 is 0 Å². The van der Waals surface area contributed by atoms with Gasteiger partial charge in [0, 0.05) is 32.1 Å². The molecule has 0 aromatic heterocycles. The molecule has 0 unspecified atom stereocenters. The Bertz CT molecular complexity index is 629. The van der Waals surface area contributed by atoms with Gasteiger partial charge in [-0.05, 0) is 43.9 Å². The van der Waals surface area contributed by atoms with Gasteiger partial charge in [0.2, 0.25) is 5.91 Å². The number of hydrogen-bond donors (Lipinski definition) is 0. The molecular weight excluding hydrogens is 292 g/mol. The number of methoxy groups -OCH3 is 1. The van der Waals surface area contributed by atoms with E-state index in [0.717, 1.165) is 24.0 Å². The van der Waals surface area contributed by atoms with Crippen LogP contribution in [0.4, 0.5) is 0 Å². The minimum atomic E-state index is -0.00725. The second-order valence-corrected chi connectivity index (χ2v) is 6.55. The first kappa shape index (κ1) is 15.8. The molecule has 0 atom stereocenters. The summed E-state index contributed by atoms with van der Waals surface area (Å²) in [5.41, 5.74) is 2.64. The van der Waals surface area contributed by atoms with Crippen LogP contribution in [-0.4, -0.2) is 54.9 Å². The largest absolute Gasteiger partial charge is 0.496 e. The predicted octanol–water partition coefficient (Wildman–Crippen LogP) is 2.01. The summed E-state index contributed by atoms with van der Waals surface area (Å²) in [6, 6.07) is 3.90. The summed E-state index contributed by atoms with van der Waals surface area (Å²) in [5, 5.41) is 0. The number of piperazine rings is 1. The highest BCUT2D eigenvalue weighted by Gasteiger charge is 2.35. The number of benzene rings is 1. The van der Waals surface area contributed by atoms with Gasteiger partial charge < -0.3 is 14.5 Å². The van der Waals surface area contributed by atoms with Crippen molar-refractivity contribution in [3.8, 4) is 5.75 Å². The lowest BCUT2D eigenvalue weighted by Crippen LogP contribution is -2.51. The van der Waals surface area contributed by atoms with Crippen molar-refractivity contribution in [2.45, 2.75) is 26.7 Å². The number of amides is 2. The molecule has 2 aliphatic rings. The van der Waals surface area contributed by atoms with Gasteiger partial charge in [0.25, 0.3) is 5.91 Å². The number of hydrogen-bond acceptors (Lipinski definition) is 3. The second kappa shape index (κ2) is 6.22. The smallest absolute Gasteiger partial charge is 0.257 e. The van der Waals surface area contributed by atoms with Crippen LogP contribution in [0.5, 0.6) is 5.75 Å². The van der Waals surface area contributed by atoms with E-state index in [-0.39, 0.29) is 17.7 Å². The van der Waals surface area contributed by atoms with Gasteiger partial charge in [-0.1, -0.05) is 6.07 Å². The Morgan fingerprint density at radius 3 is 2.22 bits per heavy atom. The third kappa shape index (κ3) is 3.19. The highest BCUT2D eigenvalue weighted by Crippen LogP contribution is 2.31. The summed E-state index contributed by atoms with van der Waals surface area (Å²) in [7, 11) is 1.60. The predicted molar refractivity (Wildman–Crippen MR) is 87.7 cm³/mol. The maximum Gasteiger partial charge on any atom is 0.257 e. The molecule has 0 N–H and O–H groups in total. The molecule has 0 spiro atoms. The van der Waals surface area contributed by atoms with Crippen LogP contribution in [0, 0.1) is 19.8 Å². The van der Waals surface area contributed by atoms with Crippen molar-refractivity contribution in [2.24, 2.45) is 5.92 Å². The summed E-state index contributed by atoms with van der Waals surface area (Å²) in [5.74, 6) is 1.15. The molecule has 1 aromatic rings. The summed E-state index contributed by atoms with van der Waals surface area (Å²) >= 11 is 0. The van der Waals surface area contributed by atoms with Crippen LogP contribution in [0.3, 0.4) is 0 Å². The van der Waals surface area contributed by atoms with Crippen LogP contribution in [0.2, 0.25) is 0 Å². The van der Waals surface area contributed by atoms with Crippen molar-refractivity contribution in [1.29, 1.82) is 0 Å². The zero-order valence-corrected chi connectivity index (χ0v) is 14.1. The van der Waals surface area contributed by atoms with Crippen LogP contribution in [-0.2, 0) is 4.79 Å². The Labute approximate surface area is 137 Å². The molecule has 124 valence electrons. The van der Waals surface area contributed by atoms with E-state index >= 15 is 0 Å². The SMILES string of the molecule is COc1c(C)cc(C)cc1C(=O)N1CCN(C(=O)C2CC2)CC1. The van der Waals surface area contributed by atoms with Crippen LogP contribution in [0.15, 0.2) is 12.1 Å². The fraction of sp³-hybridized carbons (Fsp3) is 0.556. The van der Waals surface area contributed by atoms with E-state index in [4.69, 9.17) is 4.74 Å². The Balaban J connectivity index is 1.71. The van der Waals surface area contributed by atoms with Crippen LogP contribution in [0.1, 0.15) is 34.3 Å². The van der Waals surface area contributed by atoms with Gasteiger partial charge in [-0.2, -0.15) is 0 Å². The Kier molecular flexibility index (Phi) is 4.28. The Morgan fingerprint density at radius 2 is 1.65 bits per heavy atom. The van der Waals surface area contributed by atoms with Crippen molar-refractivity contribution in [3.63, 3.8) is 0 Å². The molecule has 2 amide bonds. The number of nitrogens with zero attached hydrogens (tertiary/aromatic N) is 2. The van der Waals surface area contributed by atoms with Crippen molar-refractivity contribution in [1.82, 2.24) is 9.80 Å². The van der Waals surface area contributed by atoms with Gasteiger partial charge in [0.1, 0.15) is 5.75 Å². The lowest BCUT2D eigenvalue weighted by atomic mass is 10.0. The topological polar surface area (TPSA) is 49.9 Å². The maximum absolute atomic E-state index is 12.8. The molecule has 0 radical (unpaired) electrons. The zero-order chi connectivity index (χ0) is 16.6. The summed E-state index contributed by atoms with van der Waals surface area (Å²) < 4.78 is 5.43. The van der Waals surface area contributed by atoms with E-state index in [1.54, 1.807) is 7.11 Å². The zero-order valence-electron chi connectivity index (χ0n) is 14.1. The van der Waals surface area contributed by atoms with Crippen molar-refractivity contribution in [3.05, 3.63) is 28.8 Å². The third-order valence-corrected chi connectivity index (χ3v) is 4.66. The van der Waals surface area contributed by atoms with E-state index in [1.807, 2.05) is 35.8 Å². The highest BCUT2D eigenvalue weighted by atomic mass is 16.5. The van der Waals surface area contributed by atoms with E-state index in [0.29, 0.717) is 37.5 Å². The van der Waals surface area contributed by atoms with E-state index in [2.05, 4.69) is 0 Å². The minimum Gasteiger partial charge on any atom is -0.496 e. The van der Waals surface area contributed by atoms with Gasteiger partial charge in [-0.3, -0.25) is 9.59 Å². The fourth-order valence-corrected chi connectivity index (χ4v) is 3.27. The minimum absolute atomic E-state index is 0.00725. The number of carbonyl (C=O) groups excluding carboxylic acids is 2. The molecule has 23 heavy (non-hydrogen) atoms. The molecule has 1 heterocycles. The number of aryl methyl sites for hydroxylation is 2. The number of carbonyl (C=O) groups is 2. The molecule has 1 aliphatic heterocycles. The first-order valence-electron chi connectivity index (χ1n) is 8.24. The summed E-state index contributed by atoms with van der Waals surface area (Å²) in [6.07, 6.45) is 2.05. The van der Waals surface area contributed by atoms with Crippen LogP contribution < -0.4 is 4.74 Å². The average Bonchev–Trinajstić information content (AvgIpc) is 3.38. The molecule has 0 bridgehead atoms. The lowest BCUT2D eigenvalue weighted by Gasteiger charge is -2.35. The third-order valence-electron chi connectivity index (χ3n) is 4.66. The number of rotatable bonds is 3.